The lowest BCUT2D eigenvalue weighted by Gasteiger charge is -2.21. The third-order valence-electron chi connectivity index (χ3n) is 6.31. The number of nitrogens with zero attached hydrogens (tertiary/aromatic N) is 4. The molecule has 1 saturated heterocycles. The number of aromatic nitrogens is 4. The first-order valence-electron chi connectivity index (χ1n) is 9.82. The molecular formula is C22H23N5O. The second-order valence-corrected chi connectivity index (χ2v) is 8.13. The molecule has 1 aromatic heterocycles. The van der Waals surface area contributed by atoms with Gasteiger partial charge in [0, 0.05) is 30.5 Å². The molecule has 0 radical (unpaired) electrons. The SMILES string of the molecule is Cc1ccc([C@]23C[C@H]2CN(C(=O)CCc2ccc(-c4nn[nH]n4)cc2)C3)cc1. The van der Waals surface area contributed by atoms with Crippen molar-refractivity contribution >= 4 is 5.91 Å². The van der Waals surface area contributed by atoms with Gasteiger partial charge in [-0.1, -0.05) is 54.1 Å². The van der Waals surface area contributed by atoms with E-state index in [1.807, 2.05) is 24.3 Å². The summed E-state index contributed by atoms with van der Waals surface area (Å²) in [5, 5.41) is 14.0. The van der Waals surface area contributed by atoms with E-state index in [4.69, 9.17) is 0 Å². The van der Waals surface area contributed by atoms with Crippen molar-refractivity contribution in [3.05, 3.63) is 65.2 Å². The molecule has 2 heterocycles. The van der Waals surface area contributed by atoms with Crippen LogP contribution in [-0.4, -0.2) is 44.5 Å². The number of rotatable bonds is 5. The Morgan fingerprint density at radius 3 is 2.68 bits per heavy atom. The quantitative estimate of drug-likeness (QED) is 0.746. The molecular weight excluding hydrogens is 350 g/mol. The van der Waals surface area contributed by atoms with Gasteiger partial charge in [0.15, 0.2) is 0 Å². The molecule has 0 bridgehead atoms. The van der Waals surface area contributed by atoms with Crippen molar-refractivity contribution in [1.82, 2.24) is 25.5 Å². The molecule has 2 aromatic carbocycles. The fourth-order valence-electron chi connectivity index (χ4n) is 4.52. The number of carbonyl (C=O) groups excluding carboxylic acids is 1. The number of hydrogen-bond donors (Lipinski definition) is 1. The van der Waals surface area contributed by atoms with Crippen molar-refractivity contribution in [3.63, 3.8) is 0 Å². The van der Waals surface area contributed by atoms with Gasteiger partial charge in [-0.15, -0.1) is 10.2 Å². The number of aromatic amines is 1. The fraction of sp³-hybridized carbons (Fsp3) is 0.364. The van der Waals surface area contributed by atoms with Crippen LogP contribution in [0.3, 0.4) is 0 Å². The van der Waals surface area contributed by atoms with E-state index in [1.165, 1.54) is 17.5 Å². The highest BCUT2D eigenvalue weighted by Crippen LogP contribution is 2.59. The minimum absolute atomic E-state index is 0.218. The normalized spacial score (nSPS) is 22.9. The zero-order chi connectivity index (χ0) is 19.1. The average Bonchev–Trinajstić information content (AvgIpc) is 3.09. The minimum atomic E-state index is 0.218. The number of benzene rings is 2. The number of tetrazole rings is 1. The van der Waals surface area contributed by atoms with Crippen LogP contribution in [0.4, 0.5) is 0 Å². The van der Waals surface area contributed by atoms with Gasteiger partial charge in [0.2, 0.25) is 11.7 Å². The van der Waals surface area contributed by atoms with Crippen molar-refractivity contribution < 1.29 is 4.79 Å². The first-order valence-corrected chi connectivity index (χ1v) is 9.82. The van der Waals surface area contributed by atoms with Crippen LogP contribution in [0.25, 0.3) is 11.4 Å². The highest BCUT2D eigenvalue weighted by Gasteiger charge is 2.61. The van der Waals surface area contributed by atoms with Crippen LogP contribution in [-0.2, 0) is 16.6 Å². The Labute approximate surface area is 164 Å². The molecule has 3 aromatic rings. The monoisotopic (exact) mass is 373 g/mol. The zero-order valence-electron chi connectivity index (χ0n) is 15.9. The van der Waals surface area contributed by atoms with Gasteiger partial charge in [0.25, 0.3) is 0 Å². The van der Waals surface area contributed by atoms with Crippen LogP contribution in [0.15, 0.2) is 48.5 Å². The number of likely N-dealkylation sites (tertiary alicyclic amines) is 1. The van der Waals surface area contributed by atoms with E-state index < -0.39 is 0 Å². The van der Waals surface area contributed by atoms with Gasteiger partial charge in [0.1, 0.15) is 0 Å². The van der Waals surface area contributed by atoms with Crippen molar-refractivity contribution in [2.24, 2.45) is 5.92 Å². The second-order valence-electron chi connectivity index (χ2n) is 8.13. The number of nitrogens with one attached hydrogen (secondary N) is 1. The Morgan fingerprint density at radius 1 is 1.18 bits per heavy atom. The summed E-state index contributed by atoms with van der Waals surface area (Å²) in [4.78, 5) is 14.8. The Balaban J connectivity index is 1.19. The summed E-state index contributed by atoms with van der Waals surface area (Å²) in [6, 6.07) is 16.9. The largest absolute Gasteiger partial charge is 0.341 e. The number of aryl methyl sites for hydroxylation is 2. The summed E-state index contributed by atoms with van der Waals surface area (Å²) in [5.41, 5.74) is 4.97. The second kappa shape index (κ2) is 6.55. The molecule has 1 aliphatic carbocycles. The molecule has 2 aliphatic rings. The van der Waals surface area contributed by atoms with E-state index >= 15 is 0 Å². The zero-order valence-corrected chi connectivity index (χ0v) is 15.9. The highest BCUT2D eigenvalue weighted by atomic mass is 16.2. The predicted octanol–water partition coefficient (Wildman–Crippen LogP) is 2.91. The van der Waals surface area contributed by atoms with Crippen LogP contribution < -0.4 is 0 Å². The summed E-state index contributed by atoms with van der Waals surface area (Å²) in [6.07, 6.45) is 2.53. The number of H-pyrrole nitrogens is 1. The summed E-state index contributed by atoms with van der Waals surface area (Å²) < 4.78 is 0. The lowest BCUT2D eigenvalue weighted by molar-refractivity contribution is -0.130. The topological polar surface area (TPSA) is 74.8 Å². The molecule has 2 fully saturated rings. The van der Waals surface area contributed by atoms with Crippen LogP contribution in [0.2, 0.25) is 0 Å². The third kappa shape index (κ3) is 2.99. The number of fused-ring (bicyclic) bond motifs is 1. The van der Waals surface area contributed by atoms with Crippen LogP contribution >= 0.6 is 0 Å². The van der Waals surface area contributed by atoms with Crippen LogP contribution in [0.5, 0.6) is 0 Å². The molecule has 5 rings (SSSR count). The van der Waals surface area contributed by atoms with E-state index in [2.05, 4.69) is 56.7 Å². The van der Waals surface area contributed by atoms with E-state index in [0.29, 0.717) is 18.2 Å². The van der Waals surface area contributed by atoms with E-state index in [-0.39, 0.29) is 11.3 Å². The summed E-state index contributed by atoms with van der Waals surface area (Å²) in [6.45, 7) is 3.89. The molecule has 28 heavy (non-hydrogen) atoms. The smallest absolute Gasteiger partial charge is 0.222 e. The van der Waals surface area contributed by atoms with Crippen molar-refractivity contribution in [2.45, 2.75) is 31.6 Å². The van der Waals surface area contributed by atoms with E-state index in [1.54, 1.807) is 0 Å². The maximum atomic E-state index is 12.8. The Hall–Kier alpha value is -3.02. The van der Waals surface area contributed by atoms with Crippen molar-refractivity contribution in [2.75, 3.05) is 13.1 Å². The number of amides is 1. The van der Waals surface area contributed by atoms with Crippen LogP contribution in [0.1, 0.15) is 29.5 Å². The summed E-state index contributed by atoms with van der Waals surface area (Å²) >= 11 is 0. The molecule has 1 amide bonds. The van der Waals surface area contributed by atoms with Gasteiger partial charge < -0.3 is 4.90 Å². The van der Waals surface area contributed by atoms with Gasteiger partial charge >= 0.3 is 0 Å². The van der Waals surface area contributed by atoms with Gasteiger partial charge in [-0.2, -0.15) is 5.21 Å². The van der Waals surface area contributed by atoms with Gasteiger partial charge in [0.05, 0.1) is 0 Å². The van der Waals surface area contributed by atoms with E-state index in [0.717, 1.165) is 30.6 Å². The lowest BCUT2D eigenvalue weighted by atomic mass is 9.94. The fourth-order valence-corrected chi connectivity index (χ4v) is 4.52. The maximum absolute atomic E-state index is 12.8. The molecule has 142 valence electrons. The molecule has 0 spiro atoms. The Bertz CT molecular complexity index is 981. The molecule has 6 heteroatoms. The number of piperidine rings is 1. The first kappa shape index (κ1) is 17.1. The van der Waals surface area contributed by atoms with E-state index in [9.17, 15) is 4.79 Å². The van der Waals surface area contributed by atoms with Crippen LogP contribution in [0, 0.1) is 12.8 Å². The van der Waals surface area contributed by atoms with Gasteiger partial charge in [-0.05, 0) is 42.0 Å². The Kier molecular flexibility index (Phi) is 4.00. The summed E-state index contributed by atoms with van der Waals surface area (Å²) in [7, 11) is 0. The predicted molar refractivity (Wildman–Crippen MR) is 105 cm³/mol. The minimum Gasteiger partial charge on any atom is -0.341 e. The first-order chi connectivity index (χ1) is 13.6. The third-order valence-corrected chi connectivity index (χ3v) is 6.31. The molecule has 0 unspecified atom stereocenters. The van der Waals surface area contributed by atoms with Crippen molar-refractivity contribution in [3.8, 4) is 11.4 Å². The highest BCUT2D eigenvalue weighted by molar-refractivity contribution is 5.77. The molecule has 1 N–H and O–H groups in total. The lowest BCUT2D eigenvalue weighted by Crippen LogP contribution is -2.33. The van der Waals surface area contributed by atoms with Gasteiger partial charge in [-0.25, -0.2) is 0 Å². The average molecular weight is 373 g/mol. The summed E-state index contributed by atoms with van der Waals surface area (Å²) in [5.74, 6) is 1.48. The standard InChI is InChI=1S/C22H23N5O/c1-15-2-9-18(10-3-15)22-12-19(22)13-27(14-22)20(28)11-6-16-4-7-17(8-5-16)21-23-25-26-24-21/h2-5,7-10,19H,6,11-14H2,1H3,(H,23,24,25,26)/t19-,22+/m0/s1. The molecule has 1 saturated carbocycles. The number of hydrogen-bond acceptors (Lipinski definition) is 4. The maximum Gasteiger partial charge on any atom is 0.222 e. The van der Waals surface area contributed by atoms with Gasteiger partial charge in [-0.3, -0.25) is 4.79 Å². The molecule has 2 atom stereocenters. The number of carbonyl (C=O) groups is 1. The molecule has 6 nitrogen and oxygen atoms in total. The Morgan fingerprint density at radius 2 is 1.96 bits per heavy atom. The molecule has 1 aliphatic heterocycles. The van der Waals surface area contributed by atoms with Crippen molar-refractivity contribution in [1.29, 1.82) is 0 Å².